The first-order valence-electron chi connectivity index (χ1n) is 8.64. The van der Waals surface area contributed by atoms with Gasteiger partial charge < -0.3 is 20.0 Å². The van der Waals surface area contributed by atoms with Crippen LogP contribution in [0.3, 0.4) is 0 Å². The van der Waals surface area contributed by atoms with Crippen LogP contribution in [-0.4, -0.2) is 69.0 Å². The minimum absolute atomic E-state index is 0.0170. The van der Waals surface area contributed by atoms with Gasteiger partial charge in [0.15, 0.2) is 0 Å². The molecule has 0 bridgehead atoms. The molecule has 1 aromatic heterocycles. The van der Waals surface area contributed by atoms with Gasteiger partial charge in [-0.15, -0.1) is 11.3 Å². The zero-order chi connectivity index (χ0) is 20.7. The fraction of sp³-hybridized carbons (Fsp3) is 0.444. The number of aliphatic carboxylic acids is 1. The van der Waals surface area contributed by atoms with Crippen LogP contribution >= 0.6 is 23.1 Å². The average Bonchev–Trinajstić information content (AvgIpc) is 3.16. The van der Waals surface area contributed by atoms with Crippen LogP contribution in [0.1, 0.15) is 29.3 Å². The molecule has 3 heterocycles. The number of β-lactam (4-membered cyclic amide) rings is 1. The average molecular weight is 424 g/mol. The van der Waals surface area contributed by atoms with Crippen molar-refractivity contribution in [1.29, 1.82) is 0 Å². The van der Waals surface area contributed by atoms with Crippen LogP contribution in [0.4, 0.5) is 0 Å². The normalized spacial score (nSPS) is 25.1. The summed E-state index contributed by atoms with van der Waals surface area (Å²) in [4.78, 5) is 43.5. The summed E-state index contributed by atoms with van der Waals surface area (Å²) >= 11 is 2.54. The number of thiazole rings is 1. The van der Waals surface area contributed by atoms with E-state index in [0.29, 0.717) is 15.6 Å². The van der Waals surface area contributed by atoms with Crippen molar-refractivity contribution in [1.82, 2.24) is 14.8 Å². The third kappa shape index (κ3) is 3.36. The summed E-state index contributed by atoms with van der Waals surface area (Å²) in [6, 6.07) is -0.335. The topological polar surface area (TPSA) is 111 Å². The van der Waals surface area contributed by atoms with Crippen molar-refractivity contribution in [2.75, 3.05) is 14.1 Å². The highest BCUT2D eigenvalue weighted by Crippen LogP contribution is 2.50. The van der Waals surface area contributed by atoms with Gasteiger partial charge in [0, 0.05) is 30.3 Å². The number of carboxylic acid groups (broad SMARTS) is 1. The summed E-state index contributed by atoms with van der Waals surface area (Å²) in [6.07, 6.45) is 0.888. The number of hydrogen-bond acceptors (Lipinski definition) is 7. The van der Waals surface area contributed by atoms with Gasteiger partial charge in [0.25, 0.3) is 5.91 Å². The van der Waals surface area contributed by atoms with E-state index in [-0.39, 0.29) is 29.5 Å². The summed E-state index contributed by atoms with van der Waals surface area (Å²) < 4.78 is 0. The lowest BCUT2D eigenvalue weighted by atomic mass is 9.79. The highest BCUT2D eigenvalue weighted by atomic mass is 32.2. The molecule has 0 saturated carbocycles. The van der Waals surface area contributed by atoms with Crippen LogP contribution in [0.5, 0.6) is 0 Å². The molecule has 0 spiro atoms. The number of carbonyl (C=O) groups excluding carboxylic acids is 2. The summed E-state index contributed by atoms with van der Waals surface area (Å²) in [6.45, 7) is 3.41. The summed E-state index contributed by atoms with van der Waals surface area (Å²) in [5, 5.41) is 23.5. The number of rotatable bonds is 6. The Morgan fingerprint density at radius 3 is 2.68 bits per heavy atom. The number of hydrogen-bond donors (Lipinski definition) is 2. The molecule has 0 unspecified atom stereocenters. The predicted molar refractivity (Wildman–Crippen MR) is 106 cm³/mol. The molecule has 150 valence electrons. The van der Waals surface area contributed by atoms with Gasteiger partial charge in [-0.2, -0.15) is 0 Å². The van der Waals surface area contributed by atoms with Gasteiger partial charge >= 0.3 is 5.97 Å². The molecule has 4 atom stereocenters. The van der Waals surface area contributed by atoms with Crippen molar-refractivity contribution < 1.29 is 24.6 Å². The Morgan fingerprint density at radius 1 is 1.43 bits per heavy atom. The number of aliphatic hydroxyl groups excluding tert-OH is 1. The molecule has 0 aromatic carbocycles. The minimum Gasteiger partial charge on any atom is -0.477 e. The molecule has 2 aliphatic heterocycles. The molecule has 2 amide bonds. The fourth-order valence-electron chi connectivity index (χ4n) is 3.54. The quantitative estimate of drug-likeness (QED) is 0.670. The van der Waals surface area contributed by atoms with Crippen molar-refractivity contribution in [2.45, 2.75) is 26.0 Å². The maximum atomic E-state index is 12.3. The predicted octanol–water partition coefficient (Wildman–Crippen LogP) is 1.70. The number of amides is 2. The van der Waals surface area contributed by atoms with Crippen LogP contribution in [0, 0.1) is 11.8 Å². The van der Waals surface area contributed by atoms with Gasteiger partial charge in [-0.25, -0.2) is 9.78 Å². The highest BCUT2D eigenvalue weighted by molar-refractivity contribution is 8.06. The number of aromatic nitrogens is 1. The second kappa shape index (κ2) is 7.69. The van der Waals surface area contributed by atoms with Crippen LogP contribution in [0.15, 0.2) is 21.4 Å². The molecule has 0 aliphatic carbocycles. The van der Waals surface area contributed by atoms with Crippen LogP contribution in [0.25, 0.3) is 6.08 Å². The largest absolute Gasteiger partial charge is 0.477 e. The second-order valence-corrected chi connectivity index (χ2v) is 8.80. The van der Waals surface area contributed by atoms with Crippen molar-refractivity contribution in [3.8, 4) is 0 Å². The Labute approximate surface area is 170 Å². The lowest BCUT2D eigenvalue weighted by molar-refractivity contribution is -0.163. The molecule has 2 aliphatic rings. The first kappa shape index (κ1) is 20.6. The third-order valence-electron chi connectivity index (χ3n) is 4.86. The molecule has 28 heavy (non-hydrogen) atoms. The number of carbonyl (C=O) groups is 3. The van der Waals surface area contributed by atoms with E-state index in [1.165, 1.54) is 32.9 Å². The fourth-order valence-corrected chi connectivity index (χ4v) is 5.30. The van der Waals surface area contributed by atoms with Gasteiger partial charge in [0.05, 0.1) is 18.1 Å². The van der Waals surface area contributed by atoms with E-state index in [1.54, 1.807) is 37.9 Å². The van der Waals surface area contributed by atoms with E-state index in [2.05, 4.69) is 4.98 Å². The standard InChI is InChI=1S/C18H21N3O5S2/c1-8-13-12(9(2)22)17(24)21(13)14(18(25)26)15(8)27-6-5-11-19-10(7-28-11)16(23)20(3)4/h5-9,12-13,22H,1-4H3,(H,25,26)/t8-,9-,12-,13-/m1/s1. The Bertz CT molecular complexity index is 890. The van der Waals surface area contributed by atoms with E-state index in [0.717, 1.165) is 0 Å². The second-order valence-electron chi connectivity index (χ2n) is 6.96. The first-order chi connectivity index (χ1) is 13.1. The lowest BCUT2D eigenvalue weighted by Crippen LogP contribution is -2.63. The molecule has 1 saturated heterocycles. The third-order valence-corrected chi connectivity index (χ3v) is 6.77. The van der Waals surface area contributed by atoms with Gasteiger partial charge in [0.1, 0.15) is 16.4 Å². The monoisotopic (exact) mass is 423 g/mol. The van der Waals surface area contributed by atoms with Gasteiger partial charge in [0.2, 0.25) is 5.91 Å². The molecule has 1 fully saturated rings. The van der Waals surface area contributed by atoms with E-state index >= 15 is 0 Å². The molecule has 3 rings (SSSR count). The van der Waals surface area contributed by atoms with Crippen LogP contribution in [0.2, 0.25) is 0 Å². The van der Waals surface area contributed by atoms with Crippen molar-refractivity contribution in [3.63, 3.8) is 0 Å². The molecule has 2 N–H and O–H groups in total. The Hall–Kier alpha value is -2.17. The zero-order valence-corrected chi connectivity index (χ0v) is 17.5. The Kier molecular flexibility index (Phi) is 5.64. The number of fused-ring (bicyclic) bond motifs is 1. The van der Waals surface area contributed by atoms with Crippen molar-refractivity contribution in [3.05, 3.63) is 32.1 Å². The number of carboxylic acids is 1. The number of aliphatic hydroxyl groups is 1. The van der Waals surface area contributed by atoms with Gasteiger partial charge in [-0.1, -0.05) is 18.7 Å². The molecular formula is C18H21N3O5S2. The Balaban J connectivity index is 1.78. The summed E-state index contributed by atoms with van der Waals surface area (Å²) in [5.41, 5.74) is 0.338. The maximum Gasteiger partial charge on any atom is 0.353 e. The first-order valence-corrected chi connectivity index (χ1v) is 10.4. The number of thioether (sulfide) groups is 1. The maximum absolute atomic E-state index is 12.3. The molecule has 1 aromatic rings. The molecule has 10 heteroatoms. The zero-order valence-electron chi connectivity index (χ0n) is 15.8. The van der Waals surface area contributed by atoms with E-state index in [4.69, 9.17) is 0 Å². The highest BCUT2D eigenvalue weighted by Gasteiger charge is 2.59. The Morgan fingerprint density at radius 2 is 2.11 bits per heavy atom. The van der Waals surface area contributed by atoms with Gasteiger partial charge in [-0.3, -0.25) is 9.59 Å². The summed E-state index contributed by atoms with van der Waals surface area (Å²) in [7, 11) is 3.31. The SMILES string of the molecule is C[C@@H](O)[C@H]1C(=O)N2C(C(=O)O)=C(SC=Cc3nc(C(=O)N(C)C)cs3)[C@H](C)[C@H]12. The molecular weight excluding hydrogens is 402 g/mol. The molecule has 8 nitrogen and oxygen atoms in total. The minimum atomic E-state index is -1.16. The summed E-state index contributed by atoms with van der Waals surface area (Å²) in [5.74, 6) is -2.47. The van der Waals surface area contributed by atoms with Crippen molar-refractivity contribution >= 4 is 47.0 Å². The van der Waals surface area contributed by atoms with E-state index < -0.39 is 18.0 Å². The van der Waals surface area contributed by atoms with E-state index in [1.807, 2.05) is 6.92 Å². The van der Waals surface area contributed by atoms with E-state index in [9.17, 15) is 24.6 Å². The smallest absolute Gasteiger partial charge is 0.353 e. The molecule has 0 radical (unpaired) electrons. The van der Waals surface area contributed by atoms with Crippen LogP contribution in [-0.2, 0) is 9.59 Å². The number of nitrogens with zero attached hydrogens (tertiary/aromatic N) is 3. The lowest BCUT2D eigenvalue weighted by Gasteiger charge is -2.46. The van der Waals surface area contributed by atoms with Gasteiger partial charge in [-0.05, 0) is 18.4 Å². The van der Waals surface area contributed by atoms with Crippen molar-refractivity contribution in [2.24, 2.45) is 11.8 Å². The van der Waals surface area contributed by atoms with Crippen LogP contribution < -0.4 is 0 Å².